The fraction of sp³-hybridized carbons (Fsp3) is 0.444. The molecule has 19 heavy (non-hydrogen) atoms. The monoisotopic (exact) mass is 255 g/mol. The topological polar surface area (TPSA) is 3.24 Å². The van der Waals surface area contributed by atoms with Crippen LogP contribution in [0.3, 0.4) is 0 Å². The molecule has 0 aliphatic carbocycles. The summed E-state index contributed by atoms with van der Waals surface area (Å²) >= 11 is 0. The Hall–Kier alpha value is -1.34. The minimum Gasteiger partial charge on any atom is -0.299 e. The average Bonchev–Trinajstić information content (AvgIpc) is 2.45. The molecular formula is C18H25N. The van der Waals surface area contributed by atoms with Gasteiger partial charge in [-0.05, 0) is 42.3 Å². The van der Waals surface area contributed by atoms with Crippen LogP contribution >= 0.6 is 0 Å². The summed E-state index contributed by atoms with van der Waals surface area (Å²) in [5.41, 5.74) is 1.46. The Balaban J connectivity index is 2.18. The predicted octanol–water partition coefficient (Wildman–Crippen LogP) is 4.85. The summed E-state index contributed by atoms with van der Waals surface area (Å²) in [5.74, 6) is 0. The standard InChI is InChI=1S/C18H25N/c1-3-5-14-19(13-4-2)15-17-11-8-10-16-9-6-7-12-18(16)17/h6-12H,3-5,13-15H2,1-2H3. The molecule has 0 saturated carbocycles. The molecule has 2 rings (SSSR count). The lowest BCUT2D eigenvalue weighted by Gasteiger charge is -2.22. The van der Waals surface area contributed by atoms with Gasteiger partial charge in [0.1, 0.15) is 0 Å². The van der Waals surface area contributed by atoms with Gasteiger partial charge >= 0.3 is 0 Å². The van der Waals surface area contributed by atoms with Crippen molar-refractivity contribution in [2.45, 2.75) is 39.7 Å². The van der Waals surface area contributed by atoms with Crippen LogP contribution in [0, 0.1) is 0 Å². The molecular weight excluding hydrogens is 230 g/mol. The lowest BCUT2D eigenvalue weighted by Crippen LogP contribution is -2.25. The van der Waals surface area contributed by atoms with Gasteiger partial charge in [-0.15, -0.1) is 0 Å². The van der Waals surface area contributed by atoms with E-state index >= 15 is 0 Å². The summed E-state index contributed by atoms with van der Waals surface area (Å²) in [6.07, 6.45) is 3.80. The number of hydrogen-bond donors (Lipinski definition) is 0. The van der Waals surface area contributed by atoms with Gasteiger partial charge in [-0.25, -0.2) is 0 Å². The second-order valence-electron chi connectivity index (χ2n) is 5.27. The van der Waals surface area contributed by atoms with Gasteiger partial charge in [-0.3, -0.25) is 4.90 Å². The molecule has 0 unspecified atom stereocenters. The maximum Gasteiger partial charge on any atom is 0.0239 e. The third kappa shape index (κ3) is 3.81. The quantitative estimate of drug-likeness (QED) is 0.683. The van der Waals surface area contributed by atoms with Crippen molar-refractivity contribution in [3.05, 3.63) is 48.0 Å². The summed E-state index contributed by atoms with van der Waals surface area (Å²) < 4.78 is 0. The molecule has 102 valence electrons. The van der Waals surface area contributed by atoms with Crippen molar-refractivity contribution in [2.75, 3.05) is 13.1 Å². The smallest absolute Gasteiger partial charge is 0.0239 e. The third-order valence-electron chi connectivity index (χ3n) is 3.64. The van der Waals surface area contributed by atoms with Crippen LogP contribution < -0.4 is 0 Å². The highest BCUT2D eigenvalue weighted by Crippen LogP contribution is 2.20. The number of hydrogen-bond acceptors (Lipinski definition) is 1. The van der Waals surface area contributed by atoms with E-state index in [-0.39, 0.29) is 0 Å². The predicted molar refractivity (Wildman–Crippen MR) is 84.4 cm³/mol. The third-order valence-corrected chi connectivity index (χ3v) is 3.64. The van der Waals surface area contributed by atoms with E-state index in [0.29, 0.717) is 0 Å². The fourth-order valence-electron chi connectivity index (χ4n) is 2.64. The van der Waals surface area contributed by atoms with Crippen LogP contribution in [-0.4, -0.2) is 18.0 Å². The van der Waals surface area contributed by atoms with Crippen LogP contribution in [0.5, 0.6) is 0 Å². The molecule has 0 aliphatic rings. The van der Waals surface area contributed by atoms with E-state index in [2.05, 4.69) is 61.2 Å². The first kappa shape index (κ1) is 14.1. The van der Waals surface area contributed by atoms with Gasteiger partial charge < -0.3 is 0 Å². The van der Waals surface area contributed by atoms with Crippen molar-refractivity contribution < 1.29 is 0 Å². The molecule has 0 heterocycles. The zero-order valence-electron chi connectivity index (χ0n) is 12.2. The minimum atomic E-state index is 1.08. The first-order valence-electron chi connectivity index (χ1n) is 7.54. The van der Waals surface area contributed by atoms with Crippen LogP contribution in [0.4, 0.5) is 0 Å². The normalized spacial score (nSPS) is 11.3. The molecule has 2 aromatic rings. The molecule has 0 N–H and O–H groups in total. The SMILES string of the molecule is CCCCN(CCC)Cc1cccc2ccccc12. The number of nitrogens with zero attached hydrogens (tertiary/aromatic N) is 1. The molecule has 0 bridgehead atoms. The van der Waals surface area contributed by atoms with E-state index in [0.717, 1.165) is 6.54 Å². The van der Waals surface area contributed by atoms with Gasteiger partial charge in [0.25, 0.3) is 0 Å². The minimum absolute atomic E-state index is 1.08. The highest BCUT2D eigenvalue weighted by atomic mass is 15.1. The highest BCUT2D eigenvalue weighted by Gasteiger charge is 2.07. The van der Waals surface area contributed by atoms with Gasteiger partial charge in [0.15, 0.2) is 0 Å². The van der Waals surface area contributed by atoms with E-state index in [1.807, 2.05) is 0 Å². The molecule has 0 amide bonds. The Labute approximate surface area is 117 Å². The van der Waals surface area contributed by atoms with Gasteiger partial charge in [0.2, 0.25) is 0 Å². The lowest BCUT2D eigenvalue weighted by molar-refractivity contribution is 0.262. The number of benzene rings is 2. The first-order valence-corrected chi connectivity index (χ1v) is 7.54. The Morgan fingerprint density at radius 1 is 0.842 bits per heavy atom. The van der Waals surface area contributed by atoms with Crippen molar-refractivity contribution in [1.29, 1.82) is 0 Å². The zero-order chi connectivity index (χ0) is 13.5. The van der Waals surface area contributed by atoms with Crippen LogP contribution in [0.2, 0.25) is 0 Å². The van der Waals surface area contributed by atoms with Crippen molar-refractivity contribution in [2.24, 2.45) is 0 Å². The fourth-order valence-corrected chi connectivity index (χ4v) is 2.64. The summed E-state index contributed by atoms with van der Waals surface area (Å²) in [5, 5.41) is 2.76. The summed E-state index contributed by atoms with van der Waals surface area (Å²) in [6.45, 7) is 8.02. The molecule has 1 nitrogen and oxygen atoms in total. The van der Waals surface area contributed by atoms with Crippen molar-refractivity contribution in [3.63, 3.8) is 0 Å². The van der Waals surface area contributed by atoms with Gasteiger partial charge in [-0.2, -0.15) is 0 Å². The molecule has 0 spiro atoms. The van der Waals surface area contributed by atoms with E-state index in [1.165, 1.54) is 48.7 Å². The molecule has 0 saturated heterocycles. The number of fused-ring (bicyclic) bond motifs is 1. The highest BCUT2D eigenvalue weighted by molar-refractivity contribution is 5.85. The number of rotatable bonds is 7. The second kappa shape index (κ2) is 7.30. The Morgan fingerprint density at radius 2 is 1.63 bits per heavy atom. The summed E-state index contributed by atoms with van der Waals surface area (Å²) in [7, 11) is 0. The Bertz CT molecular complexity index is 499. The number of unbranched alkanes of at least 4 members (excludes halogenated alkanes) is 1. The maximum atomic E-state index is 2.59. The average molecular weight is 255 g/mol. The van der Waals surface area contributed by atoms with Crippen LogP contribution in [-0.2, 0) is 6.54 Å². The molecule has 0 aromatic heterocycles. The van der Waals surface area contributed by atoms with E-state index in [1.54, 1.807) is 0 Å². The molecule has 0 radical (unpaired) electrons. The zero-order valence-corrected chi connectivity index (χ0v) is 12.2. The van der Waals surface area contributed by atoms with Crippen LogP contribution in [0.25, 0.3) is 10.8 Å². The van der Waals surface area contributed by atoms with E-state index in [9.17, 15) is 0 Å². The van der Waals surface area contributed by atoms with E-state index in [4.69, 9.17) is 0 Å². The molecule has 0 fully saturated rings. The van der Waals surface area contributed by atoms with Gasteiger partial charge in [-0.1, -0.05) is 62.7 Å². The van der Waals surface area contributed by atoms with Crippen LogP contribution in [0.15, 0.2) is 42.5 Å². The van der Waals surface area contributed by atoms with Gasteiger partial charge in [0, 0.05) is 6.54 Å². The summed E-state index contributed by atoms with van der Waals surface area (Å²) in [4.78, 5) is 2.59. The second-order valence-corrected chi connectivity index (χ2v) is 5.27. The lowest BCUT2D eigenvalue weighted by atomic mass is 10.0. The van der Waals surface area contributed by atoms with Crippen molar-refractivity contribution in [3.8, 4) is 0 Å². The van der Waals surface area contributed by atoms with Gasteiger partial charge in [0.05, 0.1) is 0 Å². The maximum absolute atomic E-state index is 2.59. The molecule has 0 atom stereocenters. The Morgan fingerprint density at radius 3 is 2.42 bits per heavy atom. The molecule has 0 aliphatic heterocycles. The molecule has 2 aromatic carbocycles. The largest absolute Gasteiger partial charge is 0.299 e. The first-order chi connectivity index (χ1) is 9.35. The Kier molecular flexibility index (Phi) is 5.41. The van der Waals surface area contributed by atoms with Crippen molar-refractivity contribution in [1.82, 2.24) is 4.90 Å². The summed E-state index contributed by atoms with van der Waals surface area (Å²) in [6, 6.07) is 15.4. The molecule has 1 heteroatoms. The van der Waals surface area contributed by atoms with Crippen molar-refractivity contribution >= 4 is 10.8 Å². The van der Waals surface area contributed by atoms with Crippen LogP contribution in [0.1, 0.15) is 38.7 Å². The van der Waals surface area contributed by atoms with E-state index < -0.39 is 0 Å².